The van der Waals surface area contributed by atoms with Gasteiger partial charge in [-0.1, -0.05) is 6.07 Å². The lowest BCUT2D eigenvalue weighted by atomic mass is 10.1. The molecular weight excluding hydrogens is 386 g/mol. The van der Waals surface area contributed by atoms with Crippen molar-refractivity contribution in [3.63, 3.8) is 0 Å². The molecule has 0 aliphatic rings. The average molecular weight is 414 g/mol. The van der Waals surface area contributed by atoms with E-state index in [0.717, 1.165) is 33.8 Å². The predicted molar refractivity (Wildman–Crippen MR) is 124 cm³/mol. The summed E-state index contributed by atoms with van der Waals surface area (Å²) in [6.07, 6.45) is 3.56. The SMILES string of the molecule is Cc1ccn2c(C(=O)N/N=C\c3cc(C)n(-c4ccc(C)c(C)c4)c3C)c(C)nc2c1. The Bertz CT molecular complexity index is 1340. The van der Waals surface area contributed by atoms with E-state index in [9.17, 15) is 4.79 Å². The summed E-state index contributed by atoms with van der Waals surface area (Å²) in [6.45, 7) is 12.2. The number of amides is 1. The van der Waals surface area contributed by atoms with Crippen LogP contribution >= 0.6 is 0 Å². The lowest BCUT2D eigenvalue weighted by molar-refractivity contribution is 0.0948. The van der Waals surface area contributed by atoms with Gasteiger partial charge in [0.05, 0.1) is 11.9 Å². The fourth-order valence-electron chi connectivity index (χ4n) is 3.93. The number of carbonyl (C=O) groups excluding carboxylic acids is 1. The van der Waals surface area contributed by atoms with Crippen LogP contribution in [0.15, 0.2) is 47.7 Å². The minimum absolute atomic E-state index is 0.284. The van der Waals surface area contributed by atoms with Gasteiger partial charge in [-0.05, 0) is 88.6 Å². The zero-order chi connectivity index (χ0) is 22.3. The first kappa shape index (κ1) is 20.6. The summed E-state index contributed by atoms with van der Waals surface area (Å²) < 4.78 is 3.99. The van der Waals surface area contributed by atoms with E-state index in [1.54, 1.807) is 10.6 Å². The van der Waals surface area contributed by atoms with E-state index in [1.165, 1.54) is 11.1 Å². The molecular formula is C25H27N5O. The van der Waals surface area contributed by atoms with Gasteiger partial charge in [-0.25, -0.2) is 10.4 Å². The molecule has 0 aliphatic carbocycles. The quantitative estimate of drug-likeness (QED) is 0.388. The maximum absolute atomic E-state index is 12.8. The fraction of sp³-hybridized carbons (Fsp3) is 0.240. The van der Waals surface area contributed by atoms with Crippen LogP contribution in [0.3, 0.4) is 0 Å². The second kappa shape index (κ2) is 7.87. The van der Waals surface area contributed by atoms with Crippen molar-refractivity contribution in [2.45, 2.75) is 41.5 Å². The molecule has 0 saturated carbocycles. The van der Waals surface area contributed by atoms with Crippen molar-refractivity contribution < 1.29 is 4.79 Å². The van der Waals surface area contributed by atoms with E-state index >= 15 is 0 Å². The molecule has 1 aromatic carbocycles. The van der Waals surface area contributed by atoms with Crippen LogP contribution in [0.1, 0.15) is 49.8 Å². The van der Waals surface area contributed by atoms with Crippen molar-refractivity contribution in [3.8, 4) is 5.69 Å². The van der Waals surface area contributed by atoms with Gasteiger partial charge < -0.3 is 4.57 Å². The molecule has 6 nitrogen and oxygen atoms in total. The molecule has 4 aromatic rings. The Kier molecular flexibility index (Phi) is 5.23. The number of pyridine rings is 1. The van der Waals surface area contributed by atoms with Crippen molar-refractivity contribution >= 4 is 17.8 Å². The smallest absolute Gasteiger partial charge is 0.290 e. The minimum atomic E-state index is -0.284. The molecule has 6 heteroatoms. The van der Waals surface area contributed by atoms with Crippen LogP contribution in [-0.2, 0) is 0 Å². The number of nitrogens with zero attached hydrogens (tertiary/aromatic N) is 4. The molecule has 4 rings (SSSR count). The molecule has 0 atom stereocenters. The first-order chi connectivity index (χ1) is 14.8. The molecule has 0 unspecified atom stereocenters. The maximum Gasteiger partial charge on any atom is 0.290 e. The van der Waals surface area contributed by atoms with Crippen LogP contribution in [-0.4, -0.2) is 26.1 Å². The monoisotopic (exact) mass is 413 g/mol. The molecule has 0 bridgehead atoms. The van der Waals surface area contributed by atoms with Crippen molar-refractivity contribution in [1.29, 1.82) is 0 Å². The molecule has 1 N–H and O–H groups in total. The van der Waals surface area contributed by atoms with Gasteiger partial charge in [-0.2, -0.15) is 5.10 Å². The number of aryl methyl sites for hydroxylation is 5. The summed E-state index contributed by atoms with van der Waals surface area (Å²) in [5.41, 5.74) is 12.5. The van der Waals surface area contributed by atoms with Gasteiger partial charge >= 0.3 is 0 Å². The Balaban J connectivity index is 1.58. The standard InChI is InChI=1S/C25H27N5O/c1-15-9-10-29-23(11-15)27-19(5)24(29)25(31)28-26-14-21-13-18(4)30(20(21)6)22-8-7-16(2)17(3)12-22/h7-14H,1-6H3,(H,28,31)/b26-14-. The Hall–Kier alpha value is -3.67. The summed E-state index contributed by atoms with van der Waals surface area (Å²) in [5.74, 6) is -0.284. The van der Waals surface area contributed by atoms with E-state index in [1.807, 2.05) is 32.2 Å². The minimum Gasteiger partial charge on any atom is -0.318 e. The Morgan fingerprint density at radius 1 is 1.00 bits per heavy atom. The normalized spacial score (nSPS) is 11.5. The largest absolute Gasteiger partial charge is 0.318 e. The van der Waals surface area contributed by atoms with Crippen LogP contribution in [0.5, 0.6) is 0 Å². The second-order valence-electron chi connectivity index (χ2n) is 8.11. The van der Waals surface area contributed by atoms with Gasteiger partial charge in [-0.15, -0.1) is 0 Å². The Morgan fingerprint density at radius 3 is 2.52 bits per heavy atom. The van der Waals surface area contributed by atoms with Crippen molar-refractivity contribution in [2.75, 3.05) is 0 Å². The van der Waals surface area contributed by atoms with E-state index in [0.29, 0.717) is 11.4 Å². The number of fused-ring (bicyclic) bond motifs is 1. The number of rotatable bonds is 4. The molecule has 1 amide bonds. The number of imidazole rings is 1. The number of nitrogens with one attached hydrogen (secondary N) is 1. The van der Waals surface area contributed by atoms with Gasteiger partial charge in [-0.3, -0.25) is 9.20 Å². The fourth-order valence-corrected chi connectivity index (χ4v) is 3.93. The van der Waals surface area contributed by atoms with Crippen molar-refractivity contribution in [3.05, 3.63) is 87.6 Å². The molecule has 0 radical (unpaired) electrons. The Labute approximate surface area is 182 Å². The number of aromatic nitrogens is 3. The zero-order valence-electron chi connectivity index (χ0n) is 18.8. The van der Waals surface area contributed by atoms with E-state index in [2.05, 4.69) is 72.0 Å². The van der Waals surface area contributed by atoms with E-state index in [-0.39, 0.29) is 5.91 Å². The number of hydrogen-bond donors (Lipinski definition) is 1. The van der Waals surface area contributed by atoms with Gasteiger partial charge in [0.2, 0.25) is 0 Å². The summed E-state index contributed by atoms with van der Waals surface area (Å²) in [4.78, 5) is 17.3. The van der Waals surface area contributed by atoms with Gasteiger partial charge in [0.15, 0.2) is 0 Å². The first-order valence-corrected chi connectivity index (χ1v) is 10.3. The molecule has 0 aliphatic heterocycles. The molecule has 3 aromatic heterocycles. The van der Waals surface area contributed by atoms with Crippen LogP contribution in [0.2, 0.25) is 0 Å². The second-order valence-corrected chi connectivity index (χ2v) is 8.11. The molecule has 158 valence electrons. The summed E-state index contributed by atoms with van der Waals surface area (Å²) in [7, 11) is 0. The van der Waals surface area contributed by atoms with Crippen molar-refractivity contribution in [2.24, 2.45) is 5.10 Å². The zero-order valence-corrected chi connectivity index (χ0v) is 18.8. The van der Waals surface area contributed by atoms with E-state index in [4.69, 9.17) is 0 Å². The van der Waals surface area contributed by atoms with Crippen LogP contribution in [0, 0.1) is 41.5 Å². The third kappa shape index (κ3) is 3.77. The van der Waals surface area contributed by atoms with Crippen LogP contribution in [0.25, 0.3) is 11.3 Å². The molecule has 0 fully saturated rings. The molecule has 31 heavy (non-hydrogen) atoms. The van der Waals surface area contributed by atoms with E-state index < -0.39 is 0 Å². The third-order valence-electron chi connectivity index (χ3n) is 5.76. The van der Waals surface area contributed by atoms with Crippen LogP contribution < -0.4 is 5.43 Å². The summed E-state index contributed by atoms with van der Waals surface area (Å²) >= 11 is 0. The highest BCUT2D eigenvalue weighted by molar-refractivity contribution is 5.95. The predicted octanol–water partition coefficient (Wildman–Crippen LogP) is 4.74. The summed E-state index contributed by atoms with van der Waals surface area (Å²) in [6, 6.07) is 12.4. The van der Waals surface area contributed by atoms with Gasteiger partial charge in [0.25, 0.3) is 5.91 Å². The topological polar surface area (TPSA) is 63.7 Å². The maximum atomic E-state index is 12.8. The Morgan fingerprint density at radius 2 is 1.77 bits per heavy atom. The third-order valence-corrected chi connectivity index (χ3v) is 5.76. The van der Waals surface area contributed by atoms with Gasteiger partial charge in [0.1, 0.15) is 11.3 Å². The first-order valence-electron chi connectivity index (χ1n) is 10.3. The average Bonchev–Trinajstić information content (AvgIpc) is 3.18. The number of hydrazone groups is 1. The molecule has 3 heterocycles. The molecule has 0 saturated heterocycles. The highest BCUT2D eigenvalue weighted by atomic mass is 16.2. The lowest BCUT2D eigenvalue weighted by Gasteiger charge is -2.11. The summed E-state index contributed by atoms with van der Waals surface area (Å²) in [5, 5.41) is 4.22. The number of benzene rings is 1. The lowest BCUT2D eigenvalue weighted by Crippen LogP contribution is -2.20. The molecule has 0 spiro atoms. The van der Waals surface area contributed by atoms with Crippen molar-refractivity contribution in [1.82, 2.24) is 19.4 Å². The highest BCUT2D eigenvalue weighted by Crippen LogP contribution is 2.22. The van der Waals surface area contributed by atoms with Gasteiger partial charge in [0, 0.05) is 28.8 Å². The highest BCUT2D eigenvalue weighted by Gasteiger charge is 2.16. The number of carbonyl (C=O) groups is 1. The number of hydrogen-bond acceptors (Lipinski definition) is 3. The van der Waals surface area contributed by atoms with Crippen LogP contribution in [0.4, 0.5) is 0 Å².